The normalized spacial score (nSPS) is 21.4. The summed E-state index contributed by atoms with van der Waals surface area (Å²) in [5, 5.41) is 3.45. The topological polar surface area (TPSA) is 55.4 Å². The summed E-state index contributed by atoms with van der Waals surface area (Å²) in [6, 6.07) is 6.04. The molecule has 0 bridgehead atoms. The lowest BCUT2D eigenvalue weighted by Crippen LogP contribution is -2.35. The van der Waals surface area contributed by atoms with Gasteiger partial charge in [-0.15, -0.1) is 0 Å². The molecule has 1 heterocycles. The quantitative estimate of drug-likeness (QED) is 0.928. The highest BCUT2D eigenvalue weighted by molar-refractivity contribution is 7.91. The number of ether oxygens (including phenoxy) is 1. The van der Waals surface area contributed by atoms with Crippen molar-refractivity contribution in [2.45, 2.75) is 52.3 Å². The molecular formula is C16H25NO3S. The zero-order valence-electron chi connectivity index (χ0n) is 13.3. The first kappa shape index (κ1) is 16.3. The van der Waals surface area contributed by atoms with E-state index in [2.05, 4.69) is 32.2 Å². The molecule has 1 atom stereocenters. The van der Waals surface area contributed by atoms with Crippen molar-refractivity contribution in [2.24, 2.45) is 0 Å². The molecule has 1 unspecified atom stereocenters. The van der Waals surface area contributed by atoms with E-state index >= 15 is 0 Å². The van der Waals surface area contributed by atoms with Gasteiger partial charge >= 0.3 is 0 Å². The smallest absolute Gasteiger partial charge is 0.154 e. The van der Waals surface area contributed by atoms with Crippen molar-refractivity contribution in [1.82, 2.24) is 5.32 Å². The van der Waals surface area contributed by atoms with Crippen LogP contribution in [-0.4, -0.2) is 31.6 Å². The van der Waals surface area contributed by atoms with Crippen molar-refractivity contribution in [3.05, 3.63) is 29.3 Å². The molecule has 2 rings (SSSR count). The van der Waals surface area contributed by atoms with Crippen LogP contribution in [0, 0.1) is 6.92 Å². The first-order chi connectivity index (χ1) is 9.65. The van der Waals surface area contributed by atoms with E-state index in [1.165, 1.54) is 5.56 Å². The average molecular weight is 311 g/mol. The van der Waals surface area contributed by atoms with E-state index in [1.807, 2.05) is 19.1 Å². The molecule has 1 N–H and O–H groups in total. The van der Waals surface area contributed by atoms with Crippen molar-refractivity contribution < 1.29 is 13.2 Å². The number of hydrogen-bond acceptors (Lipinski definition) is 4. The Kier molecular flexibility index (Phi) is 4.63. The minimum absolute atomic E-state index is 0.0255. The SMILES string of the molecule is Cc1ccc(OC2CCS(=O)(=O)C2)c(CNC(C)(C)C)c1. The van der Waals surface area contributed by atoms with Crippen LogP contribution in [0.3, 0.4) is 0 Å². The molecular weight excluding hydrogens is 286 g/mol. The lowest BCUT2D eigenvalue weighted by atomic mass is 10.1. The van der Waals surface area contributed by atoms with Crippen LogP contribution in [0.15, 0.2) is 18.2 Å². The molecule has 1 saturated heterocycles. The maximum Gasteiger partial charge on any atom is 0.154 e. The number of benzene rings is 1. The molecule has 0 amide bonds. The van der Waals surface area contributed by atoms with Gasteiger partial charge in [0.05, 0.1) is 11.5 Å². The molecule has 21 heavy (non-hydrogen) atoms. The molecule has 1 aliphatic heterocycles. The van der Waals surface area contributed by atoms with E-state index in [-0.39, 0.29) is 23.1 Å². The predicted molar refractivity (Wildman–Crippen MR) is 85.5 cm³/mol. The highest BCUT2D eigenvalue weighted by Gasteiger charge is 2.29. The maximum atomic E-state index is 11.5. The molecule has 0 spiro atoms. The molecule has 1 aromatic carbocycles. The first-order valence-corrected chi connectivity index (χ1v) is 9.18. The summed E-state index contributed by atoms with van der Waals surface area (Å²) in [6.07, 6.45) is 0.369. The van der Waals surface area contributed by atoms with Crippen molar-refractivity contribution in [3.63, 3.8) is 0 Å². The van der Waals surface area contributed by atoms with Crippen LogP contribution in [0.1, 0.15) is 38.3 Å². The van der Waals surface area contributed by atoms with Gasteiger partial charge in [0.25, 0.3) is 0 Å². The van der Waals surface area contributed by atoms with Gasteiger partial charge in [0.2, 0.25) is 0 Å². The Balaban J connectivity index is 2.11. The average Bonchev–Trinajstić information content (AvgIpc) is 2.68. The summed E-state index contributed by atoms with van der Waals surface area (Å²) in [6.45, 7) is 9.11. The predicted octanol–water partition coefficient (Wildman–Crippen LogP) is 2.45. The van der Waals surface area contributed by atoms with Gasteiger partial charge in [-0.25, -0.2) is 8.42 Å². The van der Waals surface area contributed by atoms with Gasteiger partial charge in [0, 0.05) is 17.6 Å². The van der Waals surface area contributed by atoms with Crippen LogP contribution < -0.4 is 10.1 Å². The monoisotopic (exact) mass is 311 g/mol. The highest BCUT2D eigenvalue weighted by Crippen LogP contribution is 2.25. The molecule has 1 aromatic rings. The Morgan fingerprint density at radius 3 is 2.62 bits per heavy atom. The van der Waals surface area contributed by atoms with Gasteiger partial charge in [-0.1, -0.05) is 17.7 Å². The number of hydrogen-bond donors (Lipinski definition) is 1. The van der Waals surface area contributed by atoms with Crippen LogP contribution in [0.25, 0.3) is 0 Å². The summed E-state index contributed by atoms with van der Waals surface area (Å²) in [7, 11) is -2.91. The van der Waals surface area contributed by atoms with E-state index in [0.717, 1.165) is 11.3 Å². The third-order valence-electron chi connectivity index (χ3n) is 3.51. The standard InChI is InChI=1S/C16H25NO3S/c1-12-5-6-15(13(9-12)10-17-16(2,3)4)20-14-7-8-21(18,19)11-14/h5-6,9,14,17H,7-8,10-11H2,1-4H3. The number of aryl methyl sites for hydroxylation is 1. The first-order valence-electron chi connectivity index (χ1n) is 7.36. The summed E-state index contributed by atoms with van der Waals surface area (Å²) in [5.74, 6) is 1.16. The van der Waals surface area contributed by atoms with Gasteiger partial charge in [-0.05, 0) is 40.2 Å². The molecule has 0 aromatic heterocycles. The maximum absolute atomic E-state index is 11.5. The number of nitrogens with one attached hydrogen (secondary N) is 1. The van der Waals surface area contributed by atoms with Crippen LogP contribution in [0.2, 0.25) is 0 Å². The second-order valence-electron chi connectivity index (χ2n) is 6.86. The molecule has 0 saturated carbocycles. The molecule has 1 aliphatic rings. The number of sulfone groups is 1. The third kappa shape index (κ3) is 5.00. The molecule has 0 aliphatic carbocycles. The Labute approximate surface area is 127 Å². The fourth-order valence-corrected chi connectivity index (χ4v) is 3.94. The zero-order valence-corrected chi connectivity index (χ0v) is 14.1. The molecule has 4 nitrogen and oxygen atoms in total. The van der Waals surface area contributed by atoms with E-state index in [9.17, 15) is 8.42 Å². The summed E-state index contributed by atoms with van der Waals surface area (Å²) in [5.41, 5.74) is 2.28. The van der Waals surface area contributed by atoms with Crippen LogP contribution >= 0.6 is 0 Å². The lowest BCUT2D eigenvalue weighted by molar-refractivity contribution is 0.225. The van der Waals surface area contributed by atoms with E-state index in [4.69, 9.17) is 4.74 Å². The molecule has 118 valence electrons. The summed E-state index contributed by atoms with van der Waals surface area (Å²) >= 11 is 0. The molecule has 5 heteroatoms. The molecule has 0 radical (unpaired) electrons. The summed E-state index contributed by atoms with van der Waals surface area (Å²) < 4.78 is 29.0. The van der Waals surface area contributed by atoms with Crippen molar-refractivity contribution >= 4 is 9.84 Å². The Hall–Kier alpha value is -1.07. The van der Waals surface area contributed by atoms with Gasteiger partial charge in [-0.3, -0.25) is 0 Å². The fourth-order valence-electron chi connectivity index (χ4n) is 2.36. The van der Waals surface area contributed by atoms with Gasteiger partial charge in [-0.2, -0.15) is 0 Å². The Morgan fingerprint density at radius 2 is 2.05 bits per heavy atom. The largest absolute Gasteiger partial charge is 0.489 e. The lowest BCUT2D eigenvalue weighted by Gasteiger charge is -2.23. The van der Waals surface area contributed by atoms with Gasteiger partial charge < -0.3 is 10.1 Å². The second-order valence-corrected chi connectivity index (χ2v) is 9.09. The van der Waals surface area contributed by atoms with E-state index in [0.29, 0.717) is 13.0 Å². The molecule has 1 fully saturated rings. The third-order valence-corrected chi connectivity index (χ3v) is 5.25. The van der Waals surface area contributed by atoms with Gasteiger partial charge in [0.15, 0.2) is 9.84 Å². The van der Waals surface area contributed by atoms with Crippen molar-refractivity contribution in [3.8, 4) is 5.75 Å². The minimum Gasteiger partial charge on any atom is -0.489 e. The number of rotatable bonds is 4. The zero-order chi connectivity index (χ0) is 15.7. The van der Waals surface area contributed by atoms with Gasteiger partial charge in [0.1, 0.15) is 11.9 Å². The van der Waals surface area contributed by atoms with Crippen molar-refractivity contribution in [1.29, 1.82) is 0 Å². The minimum atomic E-state index is -2.91. The van der Waals surface area contributed by atoms with Crippen LogP contribution in [0.4, 0.5) is 0 Å². The van der Waals surface area contributed by atoms with Crippen LogP contribution in [-0.2, 0) is 16.4 Å². The van der Waals surface area contributed by atoms with E-state index < -0.39 is 9.84 Å². The second kappa shape index (κ2) is 5.97. The summed E-state index contributed by atoms with van der Waals surface area (Å²) in [4.78, 5) is 0. The van der Waals surface area contributed by atoms with E-state index in [1.54, 1.807) is 0 Å². The Bertz CT molecular complexity index is 602. The van der Waals surface area contributed by atoms with Crippen molar-refractivity contribution in [2.75, 3.05) is 11.5 Å². The Morgan fingerprint density at radius 1 is 1.33 bits per heavy atom. The van der Waals surface area contributed by atoms with Crippen LogP contribution in [0.5, 0.6) is 5.75 Å². The fraction of sp³-hybridized carbons (Fsp3) is 0.625. The highest BCUT2D eigenvalue weighted by atomic mass is 32.2.